The molecule has 0 radical (unpaired) electrons. The fourth-order valence-electron chi connectivity index (χ4n) is 1.17. The number of phenols is 1. The normalized spacial score (nSPS) is 9.50. The van der Waals surface area contributed by atoms with E-state index in [0.29, 0.717) is 0 Å². The topological polar surface area (TPSA) is 178 Å². The van der Waals surface area contributed by atoms with Crippen LogP contribution in [0.25, 0.3) is 4.98 Å². The molecule has 12 heteroatoms. The van der Waals surface area contributed by atoms with E-state index in [1.807, 2.05) is 0 Å². The molecule has 1 N–H and O–H groups in total. The Balaban J connectivity index is 3.89. The molecule has 0 aliphatic carbocycles. The average Bonchev–Trinajstić information content (AvgIpc) is 2.26. The number of benzene rings is 1. The Morgan fingerprint density at radius 1 is 1.06 bits per heavy atom. The van der Waals surface area contributed by atoms with Gasteiger partial charge in [0.15, 0.2) is 4.98 Å². The molecule has 0 unspecified atom stereocenters. The summed E-state index contributed by atoms with van der Waals surface area (Å²) in [4.78, 5) is 30.1. The molecule has 0 atom stereocenters. The summed E-state index contributed by atoms with van der Waals surface area (Å²) in [6.45, 7) is 0. The van der Waals surface area contributed by atoms with Crippen molar-refractivity contribution in [2.45, 2.75) is 0 Å². The van der Waals surface area contributed by atoms with Crippen molar-refractivity contribution < 1.29 is 19.9 Å². The molecule has 0 bridgehead atoms. The van der Waals surface area contributed by atoms with Gasteiger partial charge in [-0.1, -0.05) is 0 Å². The lowest BCUT2D eigenvalue weighted by molar-refractivity contribution is -0.403. The summed E-state index contributed by atoms with van der Waals surface area (Å²) in [6.07, 6.45) is 0. The standard InChI is InChI=1S/C6HN5O7/c7-8-4-2(9(13)14)1-3(10(15)16)6(12)5(4)11(17)18/h1H/p+1. The van der Waals surface area contributed by atoms with Gasteiger partial charge in [-0.3, -0.25) is 30.3 Å². The van der Waals surface area contributed by atoms with E-state index in [-0.39, 0.29) is 6.07 Å². The predicted molar refractivity (Wildman–Crippen MR) is 52.8 cm³/mol. The summed E-state index contributed by atoms with van der Waals surface area (Å²) in [7, 11) is 0. The van der Waals surface area contributed by atoms with E-state index in [9.17, 15) is 35.4 Å². The fraction of sp³-hybridized carbons (Fsp3) is 0. The van der Waals surface area contributed by atoms with Crippen molar-refractivity contribution in [3.63, 3.8) is 0 Å². The molecule has 92 valence electrons. The molecule has 0 spiro atoms. The lowest BCUT2D eigenvalue weighted by Crippen LogP contribution is -1.98. The SMILES string of the molecule is N#[N+]c1c([N+](=O)[O-])cc([N+](=O)[O-])c(O)c1[N+](=O)[O-]. The van der Waals surface area contributed by atoms with E-state index >= 15 is 0 Å². The highest BCUT2D eigenvalue weighted by atomic mass is 16.6. The number of phenolic OH excluding ortho intramolecular Hbond substituents is 1. The van der Waals surface area contributed by atoms with E-state index in [2.05, 4.69) is 4.98 Å². The minimum Gasteiger partial charge on any atom is -0.497 e. The van der Waals surface area contributed by atoms with E-state index in [4.69, 9.17) is 5.39 Å². The summed E-state index contributed by atoms with van der Waals surface area (Å²) in [6, 6.07) is 0.261. The summed E-state index contributed by atoms with van der Waals surface area (Å²) in [5.41, 5.74) is -5.00. The first-order valence-electron chi connectivity index (χ1n) is 3.99. The van der Waals surface area contributed by atoms with Crippen LogP contribution < -0.4 is 0 Å². The first kappa shape index (κ1) is 12.7. The minimum absolute atomic E-state index is 0.261. The number of aromatic hydroxyl groups is 1. The van der Waals surface area contributed by atoms with Gasteiger partial charge < -0.3 is 5.11 Å². The first-order valence-corrected chi connectivity index (χ1v) is 3.99. The Morgan fingerprint density at radius 2 is 1.56 bits per heavy atom. The van der Waals surface area contributed by atoms with Crippen molar-refractivity contribution in [1.29, 1.82) is 5.39 Å². The van der Waals surface area contributed by atoms with E-state index in [1.54, 1.807) is 0 Å². The maximum Gasteiger partial charge on any atom is 0.541 e. The quantitative estimate of drug-likeness (QED) is 0.480. The van der Waals surface area contributed by atoms with Gasteiger partial charge in [-0.15, -0.1) is 0 Å². The van der Waals surface area contributed by atoms with Gasteiger partial charge in [0.25, 0.3) is 5.75 Å². The smallest absolute Gasteiger partial charge is 0.497 e. The van der Waals surface area contributed by atoms with Crippen LogP contribution in [0.3, 0.4) is 0 Å². The molecular formula is C6H2N5O7+. The van der Waals surface area contributed by atoms with Gasteiger partial charge in [0.1, 0.15) is 6.07 Å². The summed E-state index contributed by atoms with van der Waals surface area (Å²) < 4.78 is 0. The van der Waals surface area contributed by atoms with Gasteiger partial charge in [-0.25, -0.2) is 0 Å². The molecular weight excluding hydrogens is 254 g/mol. The number of nitro groups is 3. The lowest BCUT2D eigenvalue weighted by atomic mass is 10.2. The molecule has 18 heavy (non-hydrogen) atoms. The Morgan fingerprint density at radius 3 is 1.89 bits per heavy atom. The van der Waals surface area contributed by atoms with Gasteiger partial charge in [0.05, 0.1) is 14.8 Å². The lowest BCUT2D eigenvalue weighted by Gasteiger charge is -1.96. The number of rotatable bonds is 3. The van der Waals surface area contributed by atoms with Crippen molar-refractivity contribution in [2.75, 3.05) is 0 Å². The van der Waals surface area contributed by atoms with Gasteiger partial charge in [0.2, 0.25) is 5.39 Å². The van der Waals surface area contributed by atoms with Crippen LogP contribution in [0.15, 0.2) is 6.07 Å². The molecule has 1 rings (SSSR count). The van der Waals surface area contributed by atoms with Crippen molar-refractivity contribution in [1.82, 2.24) is 0 Å². The Hall–Kier alpha value is -3.36. The zero-order valence-corrected chi connectivity index (χ0v) is 8.21. The van der Waals surface area contributed by atoms with Gasteiger partial charge in [0, 0.05) is 0 Å². The molecule has 0 amide bonds. The van der Waals surface area contributed by atoms with E-state index < -0.39 is 43.3 Å². The molecule has 0 fully saturated rings. The maximum absolute atomic E-state index is 10.6. The largest absolute Gasteiger partial charge is 0.541 e. The number of nitro benzene ring substituents is 3. The van der Waals surface area contributed by atoms with Crippen LogP contribution in [0.1, 0.15) is 0 Å². The molecule has 0 saturated heterocycles. The highest BCUT2D eigenvalue weighted by Crippen LogP contribution is 2.48. The fourth-order valence-corrected chi connectivity index (χ4v) is 1.17. The summed E-state index contributed by atoms with van der Waals surface area (Å²) >= 11 is 0. The predicted octanol–water partition coefficient (Wildman–Crippen LogP) is 1.60. The molecule has 0 aliphatic heterocycles. The highest BCUT2D eigenvalue weighted by molar-refractivity contribution is 5.83. The van der Waals surface area contributed by atoms with E-state index in [0.717, 1.165) is 0 Å². The first-order chi connectivity index (χ1) is 8.31. The van der Waals surface area contributed by atoms with Crippen LogP contribution in [0.5, 0.6) is 5.75 Å². The van der Waals surface area contributed by atoms with Crippen molar-refractivity contribution >= 4 is 22.7 Å². The monoisotopic (exact) mass is 256 g/mol. The maximum atomic E-state index is 10.6. The van der Waals surface area contributed by atoms with Crippen LogP contribution in [0.4, 0.5) is 22.7 Å². The number of hydrogen-bond acceptors (Lipinski definition) is 8. The molecule has 1 aromatic carbocycles. The molecule has 0 heterocycles. The molecule has 0 aromatic heterocycles. The van der Waals surface area contributed by atoms with E-state index in [1.165, 1.54) is 0 Å². The Labute approximate surface area is 96.1 Å². The highest BCUT2D eigenvalue weighted by Gasteiger charge is 2.45. The second kappa shape index (κ2) is 4.25. The van der Waals surface area contributed by atoms with Gasteiger partial charge >= 0.3 is 22.7 Å². The molecule has 1 aromatic rings. The summed E-state index contributed by atoms with van der Waals surface area (Å²) in [5, 5.41) is 49.4. The zero-order chi connectivity index (χ0) is 14.0. The number of nitrogens with zero attached hydrogens (tertiary/aromatic N) is 5. The Kier molecular flexibility index (Phi) is 3.00. The third-order valence-corrected chi connectivity index (χ3v) is 1.88. The van der Waals surface area contributed by atoms with Crippen LogP contribution in [0, 0.1) is 35.7 Å². The zero-order valence-electron chi connectivity index (χ0n) is 8.21. The summed E-state index contributed by atoms with van der Waals surface area (Å²) in [5.74, 6) is -1.43. The third kappa shape index (κ3) is 1.82. The number of hydrogen-bond donors (Lipinski definition) is 1. The number of diazo groups is 1. The van der Waals surface area contributed by atoms with Crippen LogP contribution >= 0.6 is 0 Å². The minimum atomic E-state index is -1.43. The van der Waals surface area contributed by atoms with Crippen molar-refractivity contribution in [3.8, 4) is 5.75 Å². The van der Waals surface area contributed by atoms with Crippen LogP contribution in [0.2, 0.25) is 0 Å². The van der Waals surface area contributed by atoms with Crippen LogP contribution in [-0.2, 0) is 0 Å². The molecule has 0 aliphatic rings. The van der Waals surface area contributed by atoms with Crippen molar-refractivity contribution in [3.05, 3.63) is 41.4 Å². The van der Waals surface area contributed by atoms with Gasteiger partial charge in [-0.05, 0) is 0 Å². The van der Waals surface area contributed by atoms with Gasteiger partial charge in [-0.2, -0.15) is 0 Å². The average molecular weight is 256 g/mol. The van der Waals surface area contributed by atoms with Crippen molar-refractivity contribution in [2.24, 2.45) is 0 Å². The second-order valence-electron chi connectivity index (χ2n) is 2.83. The van der Waals surface area contributed by atoms with Crippen LogP contribution in [-0.4, -0.2) is 19.9 Å². The third-order valence-electron chi connectivity index (χ3n) is 1.88. The second-order valence-corrected chi connectivity index (χ2v) is 2.83. The molecule has 12 nitrogen and oxygen atoms in total. The Bertz CT molecular complexity index is 618. The molecule has 0 saturated carbocycles.